The number of para-hydroxylation sites is 4. The summed E-state index contributed by atoms with van der Waals surface area (Å²) in [7, 11) is 0. The highest BCUT2D eigenvalue weighted by atomic mass is 16.7. The van der Waals surface area contributed by atoms with E-state index < -0.39 is 6.29 Å². The average Bonchev–Trinajstić information content (AvgIpc) is 3.60. The topological polar surface area (TPSA) is 141 Å². The van der Waals surface area contributed by atoms with Crippen molar-refractivity contribution in [3.05, 3.63) is 150 Å². The van der Waals surface area contributed by atoms with Crippen molar-refractivity contribution in [3.63, 3.8) is 0 Å². The molecule has 3 atom stereocenters. The van der Waals surface area contributed by atoms with Crippen molar-refractivity contribution in [2.75, 3.05) is 11.1 Å². The van der Waals surface area contributed by atoms with E-state index in [0.717, 1.165) is 44.4 Å². The second-order valence-electron chi connectivity index (χ2n) is 13.3. The Balaban J connectivity index is 0.973. The second kappa shape index (κ2) is 16.7. The van der Waals surface area contributed by atoms with Crippen LogP contribution >= 0.6 is 0 Å². The zero-order valence-corrected chi connectivity index (χ0v) is 29.4. The molecule has 0 saturated carbocycles. The number of aliphatic hydroxyl groups excluding tert-OH is 1. The summed E-state index contributed by atoms with van der Waals surface area (Å²) < 4.78 is 15.3. The number of hydrogen-bond donors (Lipinski definition) is 4. The maximum atomic E-state index is 12.6. The van der Waals surface area contributed by atoms with Crippen LogP contribution in [0.5, 0.6) is 0 Å². The lowest BCUT2D eigenvalue weighted by Crippen LogP contribution is -2.32. The largest absolute Gasteiger partial charge is 0.397 e. The highest BCUT2D eigenvalue weighted by Gasteiger charge is 2.32. The summed E-state index contributed by atoms with van der Waals surface area (Å²) in [6, 6.07) is 39.4. The predicted octanol–water partition coefficient (Wildman–Crippen LogP) is 7.45. The highest BCUT2D eigenvalue weighted by Crippen LogP contribution is 2.39. The fourth-order valence-electron chi connectivity index (χ4n) is 6.62. The van der Waals surface area contributed by atoms with E-state index in [9.17, 15) is 14.7 Å². The number of amides is 2. The number of nitrogens with zero attached hydrogens (tertiary/aromatic N) is 2. The van der Waals surface area contributed by atoms with Crippen LogP contribution in [0.3, 0.4) is 0 Å². The minimum atomic E-state index is -0.579. The van der Waals surface area contributed by atoms with Crippen LogP contribution in [0.15, 0.2) is 128 Å². The van der Waals surface area contributed by atoms with Gasteiger partial charge in [-0.2, -0.15) is 0 Å². The summed E-state index contributed by atoms with van der Waals surface area (Å²) in [5.41, 5.74) is 14.8. The molecule has 53 heavy (non-hydrogen) atoms. The van der Waals surface area contributed by atoms with Crippen molar-refractivity contribution in [2.24, 2.45) is 0 Å². The number of nitrogen functional groups attached to an aromatic ring is 1. The molecule has 0 bridgehead atoms. The summed E-state index contributed by atoms with van der Waals surface area (Å²) >= 11 is 0. The molecule has 5 N–H and O–H groups in total. The molecule has 5 aromatic carbocycles. The molecule has 10 nitrogen and oxygen atoms in total. The molecule has 2 amide bonds. The Morgan fingerprint density at radius 1 is 0.792 bits per heavy atom. The molecule has 1 aliphatic rings. The van der Waals surface area contributed by atoms with Gasteiger partial charge in [-0.25, -0.2) is 4.98 Å². The first-order valence-electron chi connectivity index (χ1n) is 17.9. The Morgan fingerprint density at radius 3 is 2.36 bits per heavy atom. The molecular formula is C43H43N5O5. The maximum absolute atomic E-state index is 12.6. The van der Waals surface area contributed by atoms with Crippen molar-refractivity contribution in [2.45, 2.75) is 63.9 Å². The van der Waals surface area contributed by atoms with Gasteiger partial charge in [0, 0.05) is 31.4 Å². The van der Waals surface area contributed by atoms with Gasteiger partial charge < -0.3 is 35.5 Å². The molecular weight excluding hydrogens is 667 g/mol. The number of ether oxygens (including phenoxy) is 2. The number of aromatic nitrogens is 2. The number of benzene rings is 5. The Bertz CT molecular complexity index is 2160. The lowest BCUT2D eigenvalue weighted by Gasteiger charge is -2.36. The SMILES string of the molecule is Nc1ccccc1NC(=O)CCCC(=O)NCc1cccc(-c2ccc([C@H]3O[C@@H](Cn4cnc5ccccc54)C[C@@H](c4ccc(CO)cc4)O3)cc2)c1. The van der Waals surface area contributed by atoms with Crippen LogP contribution in [0.2, 0.25) is 0 Å². The van der Waals surface area contributed by atoms with Gasteiger partial charge in [0.1, 0.15) is 0 Å². The van der Waals surface area contributed by atoms with Crippen LogP contribution in [0.1, 0.15) is 60.3 Å². The first-order chi connectivity index (χ1) is 25.9. The average molecular weight is 710 g/mol. The van der Waals surface area contributed by atoms with E-state index in [1.54, 1.807) is 12.1 Å². The number of fused-ring (bicyclic) bond motifs is 1. The third-order valence-electron chi connectivity index (χ3n) is 9.52. The van der Waals surface area contributed by atoms with Gasteiger partial charge in [-0.1, -0.05) is 91.0 Å². The number of carbonyl (C=O) groups is 2. The summed E-state index contributed by atoms with van der Waals surface area (Å²) in [6.07, 6.45) is 2.53. The molecule has 0 aliphatic carbocycles. The van der Waals surface area contributed by atoms with Gasteiger partial charge in [-0.3, -0.25) is 9.59 Å². The first kappa shape index (κ1) is 35.6. The van der Waals surface area contributed by atoms with Crippen LogP contribution in [-0.4, -0.2) is 32.6 Å². The van der Waals surface area contributed by atoms with E-state index in [1.165, 1.54) is 0 Å². The number of aliphatic hydroxyl groups is 1. The minimum Gasteiger partial charge on any atom is -0.397 e. The van der Waals surface area contributed by atoms with Gasteiger partial charge in [0.2, 0.25) is 11.8 Å². The summed E-state index contributed by atoms with van der Waals surface area (Å²) in [5, 5.41) is 15.3. The highest BCUT2D eigenvalue weighted by molar-refractivity contribution is 5.94. The molecule has 10 heteroatoms. The van der Waals surface area contributed by atoms with Crippen LogP contribution < -0.4 is 16.4 Å². The Labute approximate surface area is 308 Å². The molecule has 270 valence electrons. The molecule has 1 saturated heterocycles. The molecule has 0 spiro atoms. The van der Waals surface area contributed by atoms with Gasteiger partial charge in [-0.05, 0) is 64.6 Å². The first-order valence-corrected chi connectivity index (χ1v) is 17.9. The minimum absolute atomic E-state index is 0.00818. The summed E-state index contributed by atoms with van der Waals surface area (Å²) in [6.45, 7) is 1.01. The van der Waals surface area contributed by atoms with E-state index >= 15 is 0 Å². The molecule has 1 aliphatic heterocycles. The number of imidazole rings is 1. The van der Waals surface area contributed by atoms with Gasteiger partial charge in [0.15, 0.2) is 6.29 Å². The standard InChI is InChI=1S/C43H43N5O5/c44-36-9-1-2-10-37(36)47-42(51)14-6-13-41(50)45-25-30-7-5-8-34(23-30)31-19-21-33(22-20-31)43-52-35(26-48-28-46-38-11-3-4-12-39(38)48)24-40(53-43)32-17-15-29(27-49)16-18-32/h1-5,7-12,15-23,28,35,40,43,49H,6,13-14,24-27,44H2,(H,45,50)(H,47,51)/t35-,40+,43+/m1/s1. The van der Waals surface area contributed by atoms with Crippen LogP contribution in [0.4, 0.5) is 11.4 Å². The normalized spacial score (nSPS) is 17.0. The lowest BCUT2D eigenvalue weighted by molar-refractivity contribution is -0.252. The Morgan fingerprint density at radius 2 is 1.55 bits per heavy atom. The lowest BCUT2D eigenvalue weighted by atomic mass is 9.99. The van der Waals surface area contributed by atoms with E-state index in [-0.39, 0.29) is 43.5 Å². The van der Waals surface area contributed by atoms with E-state index in [1.807, 2.05) is 91.3 Å². The van der Waals surface area contributed by atoms with Crippen LogP contribution in [0.25, 0.3) is 22.2 Å². The molecule has 1 aromatic heterocycles. The third kappa shape index (κ3) is 8.99. The molecule has 7 rings (SSSR count). The third-order valence-corrected chi connectivity index (χ3v) is 9.52. The summed E-state index contributed by atoms with van der Waals surface area (Å²) in [4.78, 5) is 29.4. The summed E-state index contributed by atoms with van der Waals surface area (Å²) in [5.74, 6) is -0.283. The number of carbonyl (C=O) groups excluding carboxylic acids is 2. The Kier molecular flexibility index (Phi) is 11.2. The number of nitrogens with two attached hydrogens (primary N) is 1. The number of hydrogen-bond acceptors (Lipinski definition) is 7. The van der Waals surface area contributed by atoms with Gasteiger partial charge in [-0.15, -0.1) is 0 Å². The molecule has 1 fully saturated rings. The van der Waals surface area contributed by atoms with Crippen molar-refractivity contribution in [3.8, 4) is 11.1 Å². The predicted molar refractivity (Wildman–Crippen MR) is 205 cm³/mol. The Hall–Kier alpha value is -5.81. The van der Waals surface area contributed by atoms with Crippen LogP contribution in [0, 0.1) is 0 Å². The number of nitrogens with one attached hydrogen (secondary N) is 2. The molecule has 0 unspecified atom stereocenters. The maximum Gasteiger partial charge on any atom is 0.224 e. The monoisotopic (exact) mass is 709 g/mol. The number of rotatable bonds is 13. The van der Waals surface area contributed by atoms with Gasteiger partial charge in [0.25, 0.3) is 0 Å². The quantitative estimate of drug-likeness (QED) is 0.0914. The molecule has 0 radical (unpaired) electrons. The fraction of sp³-hybridized carbons (Fsp3) is 0.233. The zero-order chi connectivity index (χ0) is 36.6. The molecule has 2 heterocycles. The van der Waals surface area contributed by atoms with Gasteiger partial charge in [0.05, 0.1) is 54.1 Å². The fourth-order valence-corrected chi connectivity index (χ4v) is 6.62. The van der Waals surface area contributed by atoms with Gasteiger partial charge >= 0.3 is 0 Å². The van der Waals surface area contributed by atoms with Crippen molar-refractivity contribution in [1.29, 1.82) is 0 Å². The number of anilines is 2. The zero-order valence-electron chi connectivity index (χ0n) is 29.4. The second-order valence-corrected chi connectivity index (χ2v) is 13.3. The smallest absolute Gasteiger partial charge is 0.224 e. The van der Waals surface area contributed by atoms with E-state index in [4.69, 9.17) is 15.2 Å². The van der Waals surface area contributed by atoms with Crippen molar-refractivity contribution in [1.82, 2.24) is 14.9 Å². The van der Waals surface area contributed by atoms with E-state index in [0.29, 0.717) is 37.3 Å². The van der Waals surface area contributed by atoms with Crippen molar-refractivity contribution < 1.29 is 24.2 Å². The van der Waals surface area contributed by atoms with E-state index in [2.05, 4.69) is 44.5 Å². The van der Waals surface area contributed by atoms with Crippen molar-refractivity contribution >= 4 is 34.2 Å². The molecule has 6 aromatic rings. The van der Waals surface area contributed by atoms with Crippen LogP contribution in [-0.2, 0) is 38.8 Å².